The van der Waals surface area contributed by atoms with E-state index in [1.165, 1.54) is 6.20 Å². The summed E-state index contributed by atoms with van der Waals surface area (Å²) < 4.78 is 6.98. The summed E-state index contributed by atoms with van der Waals surface area (Å²) >= 11 is 0. The van der Waals surface area contributed by atoms with E-state index in [9.17, 15) is 4.79 Å². The van der Waals surface area contributed by atoms with Gasteiger partial charge in [0.1, 0.15) is 0 Å². The first-order valence-corrected chi connectivity index (χ1v) is 9.18. The predicted octanol–water partition coefficient (Wildman–Crippen LogP) is 2.53. The Morgan fingerprint density at radius 3 is 2.83 bits per heavy atom. The van der Waals surface area contributed by atoms with E-state index in [-0.39, 0.29) is 35.4 Å². The number of rotatable bonds is 5. The normalized spacial score (nSPS) is 17.7. The van der Waals surface area contributed by atoms with E-state index in [1.807, 2.05) is 24.4 Å². The molecular weight excluding hydrogens is 483 g/mol. The van der Waals surface area contributed by atoms with Gasteiger partial charge in [-0.05, 0) is 23.1 Å². The number of carbonyl (C=O) groups is 1. The third kappa shape index (κ3) is 4.01. The molecule has 3 aromatic rings. The Labute approximate surface area is 186 Å². The summed E-state index contributed by atoms with van der Waals surface area (Å²) in [5, 5.41) is 11.3. The smallest absolute Gasteiger partial charge is 0.252 e. The van der Waals surface area contributed by atoms with Crippen molar-refractivity contribution in [3.05, 3.63) is 42.4 Å². The predicted molar refractivity (Wildman–Crippen MR) is 123 cm³/mol. The van der Waals surface area contributed by atoms with Gasteiger partial charge in [-0.2, -0.15) is 5.10 Å². The summed E-state index contributed by atoms with van der Waals surface area (Å²) in [6.45, 7) is 6.11. The van der Waals surface area contributed by atoms with Crippen molar-refractivity contribution < 1.29 is 9.53 Å². The van der Waals surface area contributed by atoms with Crippen LogP contribution in [0.2, 0.25) is 0 Å². The number of hydrogen-bond donors (Lipinski definition) is 3. The number of halogens is 1. The number of methoxy groups -OCH3 is 1. The van der Waals surface area contributed by atoms with Gasteiger partial charge in [-0.15, -0.1) is 24.0 Å². The van der Waals surface area contributed by atoms with Crippen LogP contribution in [0.5, 0.6) is 5.88 Å². The van der Waals surface area contributed by atoms with Crippen LogP contribution >= 0.6 is 24.0 Å². The molecule has 1 atom stereocenters. The van der Waals surface area contributed by atoms with Crippen molar-refractivity contribution in [2.24, 2.45) is 11.1 Å². The number of pyridine rings is 1. The Bertz CT molecular complexity index is 1050. The molecule has 3 aromatic heterocycles. The van der Waals surface area contributed by atoms with Gasteiger partial charge in [0.05, 0.1) is 30.1 Å². The largest absolute Gasteiger partial charge is 0.481 e. The fourth-order valence-electron chi connectivity index (χ4n) is 3.61. The molecule has 0 radical (unpaired) electrons. The standard InChI is InChI=1S/C20H24N6O2.HI/c1-20(2)11-22-9-16(20)25-18-14(19(21)27)8-24-26-10-13(6-15(18)26)12-4-5-23-17(7-12)28-3;/h4-8,10,16,22,25H,9,11H2,1-3H3,(H2,21,27);1H/t16-;/m1./s1. The number of carbonyl (C=O) groups excluding carboxylic acids is 1. The van der Waals surface area contributed by atoms with E-state index in [0.29, 0.717) is 17.1 Å². The number of nitrogens with two attached hydrogens (primary N) is 1. The van der Waals surface area contributed by atoms with Crippen molar-refractivity contribution in [3.8, 4) is 17.0 Å². The molecule has 1 amide bonds. The molecule has 0 aliphatic carbocycles. The lowest BCUT2D eigenvalue weighted by atomic mass is 9.87. The summed E-state index contributed by atoms with van der Waals surface area (Å²) in [5.74, 6) is 0.0326. The zero-order valence-electron chi connectivity index (χ0n) is 16.6. The van der Waals surface area contributed by atoms with Gasteiger partial charge in [0.25, 0.3) is 5.91 Å². The number of hydrogen-bond acceptors (Lipinski definition) is 6. The topological polar surface area (TPSA) is 107 Å². The van der Waals surface area contributed by atoms with Crippen LogP contribution in [-0.4, -0.2) is 46.7 Å². The van der Waals surface area contributed by atoms with Crippen LogP contribution in [0.4, 0.5) is 5.69 Å². The summed E-state index contributed by atoms with van der Waals surface area (Å²) in [5.41, 5.74) is 9.46. The summed E-state index contributed by atoms with van der Waals surface area (Å²) in [4.78, 5) is 16.2. The molecule has 0 bridgehead atoms. The number of aromatic nitrogens is 3. The van der Waals surface area contributed by atoms with Crippen molar-refractivity contribution in [1.82, 2.24) is 19.9 Å². The number of nitrogens with one attached hydrogen (secondary N) is 2. The maximum atomic E-state index is 12.1. The number of fused-ring (bicyclic) bond motifs is 1. The van der Waals surface area contributed by atoms with Gasteiger partial charge < -0.3 is 21.1 Å². The molecule has 4 heterocycles. The maximum Gasteiger partial charge on any atom is 0.252 e. The van der Waals surface area contributed by atoms with Gasteiger partial charge in [-0.3, -0.25) is 4.79 Å². The van der Waals surface area contributed by atoms with E-state index in [1.54, 1.807) is 17.8 Å². The van der Waals surface area contributed by atoms with E-state index in [0.717, 1.165) is 29.7 Å². The minimum atomic E-state index is -0.505. The lowest BCUT2D eigenvalue weighted by Crippen LogP contribution is -2.35. The second-order valence-electron chi connectivity index (χ2n) is 7.76. The van der Waals surface area contributed by atoms with Crippen molar-refractivity contribution in [2.75, 3.05) is 25.5 Å². The van der Waals surface area contributed by atoms with Gasteiger partial charge in [0.15, 0.2) is 0 Å². The SMILES string of the molecule is COc1cc(-c2cc3c(N[C@@H]4CNCC4(C)C)c(C(N)=O)cnn3c2)ccn1.I. The number of nitrogens with zero attached hydrogens (tertiary/aromatic N) is 3. The monoisotopic (exact) mass is 508 g/mol. The molecule has 1 aliphatic rings. The van der Waals surface area contributed by atoms with E-state index in [2.05, 4.69) is 34.6 Å². The van der Waals surface area contributed by atoms with Crippen LogP contribution < -0.4 is 21.1 Å². The van der Waals surface area contributed by atoms with Crippen LogP contribution in [-0.2, 0) is 0 Å². The first kappa shape index (κ1) is 21.3. The lowest BCUT2D eigenvalue weighted by Gasteiger charge is -2.28. The molecule has 29 heavy (non-hydrogen) atoms. The Hall–Kier alpha value is -2.40. The molecule has 9 heteroatoms. The molecule has 8 nitrogen and oxygen atoms in total. The minimum absolute atomic E-state index is 0. The average molecular weight is 508 g/mol. The van der Waals surface area contributed by atoms with Crippen molar-refractivity contribution in [1.29, 1.82) is 0 Å². The zero-order chi connectivity index (χ0) is 19.9. The molecule has 0 aromatic carbocycles. The second-order valence-corrected chi connectivity index (χ2v) is 7.76. The lowest BCUT2D eigenvalue weighted by molar-refractivity contribution is 0.100. The minimum Gasteiger partial charge on any atom is -0.481 e. The molecule has 0 spiro atoms. The van der Waals surface area contributed by atoms with Crippen LogP contribution in [0.25, 0.3) is 16.6 Å². The van der Waals surface area contributed by atoms with Crippen molar-refractivity contribution in [2.45, 2.75) is 19.9 Å². The van der Waals surface area contributed by atoms with Gasteiger partial charge in [0, 0.05) is 43.2 Å². The van der Waals surface area contributed by atoms with Crippen LogP contribution in [0.1, 0.15) is 24.2 Å². The first-order valence-electron chi connectivity index (χ1n) is 9.18. The van der Waals surface area contributed by atoms with E-state index in [4.69, 9.17) is 10.5 Å². The van der Waals surface area contributed by atoms with Crippen molar-refractivity contribution in [3.63, 3.8) is 0 Å². The highest BCUT2D eigenvalue weighted by Gasteiger charge is 2.35. The highest BCUT2D eigenvalue weighted by molar-refractivity contribution is 14.0. The van der Waals surface area contributed by atoms with Gasteiger partial charge in [-0.1, -0.05) is 13.8 Å². The molecule has 1 aliphatic heterocycles. The van der Waals surface area contributed by atoms with E-state index >= 15 is 0 Å². The molecule has 4 rings (SSSR count). The highest BCUT2D eigenvalue weighted by atomic mass is 127. The average Bonchev–Trinajstić information content (AvgIpc) is 3.25. The van der Waals surface area contributed by atoms with Gasteiger partial charge in [0.2, 0.25) is 5.88 Å². The Balaban J connectivity index is 0.00000240. The highest BCUT2D eigenvalue weighted by Crippen LogP contribution is 2.33. The summed E-state index contributed by atoms with van der Waals surface area (Å²) in [6.07, 6.45) is 5.13. The first-order chi connectivity index (χ1) is 13.4. The molecule has 4 N–H and O–H groups in total. The number of ether oxygens (including phenoxy) is 1. The van der Waals surface area contributed by atoms with Crippen LogP contribution in [0.3, 0.4) is 0 Å². The Kier molecular flexibility index (Phi) is 5.99. The molecular formula is C20H25IN6O2. The van der Waals surface area contributed by atoms with Gasteiger partial charge >= 0.3 is 0 Å². The Morgan fingerprint density at radius 1 is 1.38 bits per heavy atom. The van der Waals surface area contributed by atoms with Crippen LogP contribution in [0, 0.1) is 5.41 Å². The number of anilines is 1. The second kappa shape index (κ2) is 8.15. The molecule has 1 saturated heterocycles. The van der Waals surface area contributed by atoms with Crippen molar-refractivity contribution >= 4 is 41.1 Å². The maximum absolute atomic E-state index is 12.1. The molecule has 0 unspecified atom stereocenters. The van der Waals surface area contributed by atoms with Crippen LogP contribution in [0.15, 0.2) is 36.8 Å². The summed E-state index contributed by atoms with van der Waals surface area (Å²) in [7, 11) is 1.59. The Morgan fingerprint density at radius 2 is 2.17 bits per heavy atom. The van der Waals surface area contributed by atoms with E-state index < -0.39 is 5.91 Å². The molecule has 1 fully saturated rings. The number of primary amides is 1. The fraction of sp³-hybridized carbons (Fsp3) is 0.350. The summed E-state index contributed by atoms with van der Waals surface area (Å²) in [6, 6.07) is 5.92. The molecule has 154 valence electrons. The number of amides is 1. The fourth-order valence-corrected chi connectivity index (χ4v) is 3.61. The third-order valence-electron chi connectivity index (χ3n) is 5.37. The van der Waals surface area contributed by atoms with Gasteiger partial charge in [-0.25, -0.2) is 9.50 Å². The zero-order valence-corrected chi connectivity index (χ0v) is 18.9. The third-order valence-corrected chi connectivity index (χ3v) is 5.37. The molecule has 0 saturated carbocycles. The quantitative estimate of drug-likeness (QED) is 0.458.